The van der Waals surface area contributed by atoms with Gasteiger partial charge < -0.3 is 25.0 Å². The summed E-state index contributed by atoms with van der Waals surface area (Å²) in [4.78, 5) is 21.9. The number of hydrogen-bond acceptors (Lipinski definition) is 6. The minimum absolute atomic E-state index is 0.175. The Bertz CT molecular complexity index is 915. The molecule has 1 amide bonds. The molecule has 8 nitrogen and oxygen atoms in total. The number of nitriles is 1. The maximum Gasteiger partial charge on any atom is 0.268 e. The molecule has 0 unspecified atom stereocenters. The zero-order valence-corrected chi connectivity index (χ0v) is 16.4. The van der Waals surface area contributed by atoms with Gasteiger partial charge in [-0.25, -0.2) is 4.98 Å². The Balaban J connectivity index is 1.47. The number of nitrogens with one attached hydrogen (secondary N) is 2. The summed E-state index contributed by atoms with van der Waals surface area (Å²) in [7, 11) is 0. The van der Waals surface area contributed by atoms with Crippen LogP contribution in [0.5, 0.6) is 0 Å². The molecule has 0 aromatic carbocycles. The highest BCUT2D eigenvalue weighted by atomic mass is 16.5. The fourth-order valence-electron chi connectivity index (χ4n) is 4.39. The van der Waals surface area contributed by atoms with Crippen molar-refractivity contribution in [3.8, 4) is 6.07 Å². The number of amides is 1. The van der Waals surface area contributed by atoms with Crippen molar-refractivity contribution in [3.05, 3.63) is 47.9 Å². The largest absolute Gasteiger partial charge is 0.388 e. The number of nitrogens with zero attached hydrogens (tertiary/aromatic N) is 3. The first-order valence-electron chi connectivity index (χ1n) is 9.83. The summed E-state index contributed by atoms with van der Waals surface area (Å²) in [5.41, 5.74) is -0.181. The second-order valence-corrected chi connectivity index (χ2v) is 8.12. The smallest absolute Gasteiger partial charge is 0.268 e. The molecule has 0 radical (unpaired) electrons. The standard InChI is InChI=1S/C21H25N5O3/c1-20(25-19(28)16-5-3-8-23-16)14-21(29-13-17(20)27)6-10-26(11-7-21)18-15(12-22)4-2-9-24-18/h2-5,8-9,17,23,27H,6-7,10-11,13-14H2,1H3,(H,25,28)/t17-,20-/m1/s1. The van der Waals surface area contributed by atoms with Crippen molar-refractivity contribution in [2.75, 3.05) is 24.6 Å². The molecule has 3 N–H and O–H groups in total. The van der Waals surface area contributed by atoms with Crippen LogP contribution in [0.4, 0.5) is 5.82 Å². The molecule has 0 aliphatic carbocycles. The number of rotatable bonds is 3. The Labute approximate surface area is 169 Å². The average molecular weight is 395 g/mol. The van der Waals surface area contributed by atoms with Gasteiger partial charge in [-0.05, 0) is 44.0 Å². The number of pyridine rings is 1. The van der Waals surface area contributed by atoms with Gasteiger partial charge in [-0.1, -0.05) is 0 Å². The number of hydrogen-bond donors (Lipinski definition) is 3. The van der Waals surface area contributed by atoms with Crippen molar-refractivity contribution < 1.29 is 14.6 Å². The summed E-state index contributed by atoms with van der Waals surface area (Å²) in [6, 6.07) is 9.20. The van der Waals surface area contributed by atoms with Gasteiger partial charge in [0.25, 0.3) is 5.91 Å². The third kappa shape index (κ3) is 3.71. The highest BCUT2D eigenvalue weighted by molar-refractivity contribution is 5.92. The normalized spacial score (nSPS) is 26.1. The van der Waals surface area contributed by atoms with Crippen LogP contribution in [0.25, 0.3) is 0 Å². The molecule has 2 aromatic rings. The Kier molecular flexibility index (Phi) is 5.03. The molecular formula is C21H25N5O3. The van der Waals surface area contributed by atoms with E-state index in [0.29, 0.717) is 36.6 Å². The highest BCUT2D eigenvalue weighted by Crippen LogP contribution is 2.40. The van der Waals surface area contributed by atoms with Gasteiger partial charge in [-0.2, -0.15) is 5.26 Å². The molecule has 2 aliphatic rings. The van der Waals surface area contributed by atoms with E-state index in [1.165, 1.54) is 0 Å². The monoisotopic (exact) mass is 395 g/mol. The quantitative estimate of drug-likeness (QED) is 0.727. The molecule has 2 atom stereocenters. The van der Waals surface area contributed by atoms with Crippen molar-refractivity contribution in [1.82, 2.24) is 15.3 Å². The van der Waals surface area contributed by atoms with E-state index in [-0.39, 0.29) is 12.5 Å². The van der Waals surface area contributed by atoms with Crippen LogP contribution in [0, 0.1) is 11.3 Å². The van der Waals surface area contributed by atoms with E-state index in [0.717, 1.165) is 12.8 Å². The number of aliphatic hydroxyl groups excluding tert-OH is 1. The van der Waals surface area contributed by atoms with Crippen molar-refractivity contribution in [3.63, 3.8) is 0 Å². The Morgan fingerprint density at radius 2 is 2.21 bits per heavy atom. The van der Waals surface area contributed by atoms with Crippen LogP contribution in [0.3, 0.4) is 0 Å². The summed E-state index contributed by atoms with van der Waals surface area (Å²) in [6.45, 7) is 3.45. The number of aromatic amines is 1. The number of ether oxygens (including phenoxy) is 1. The first-order chi connectivity index (χ1) is 13.9. The lowest BCUT2D eigenvalue weighted by atomic mass is 9.74. The SMILES string of the molecule is C[C@@]1(NC(=O)c2ccc[nH]2)CC2(CCN(c3ncccc3C#N)CC2)OC[C@H]1O. The fourth-order valence-corrected chi connectivity index (χ4v) is 4.39. The van der Waals surface area contributed by atoms with Crippen molar-refractivity contribution in [1.29, 1.82) is 5.26 Å². The number of carbonyl (C=O) groups excluding carboxylic acids is 1. The summed E-state index contributed by atoms with van der Waals surface area (Å²) in [5.74, 6) is 0.460. The zero-order valence-electron chi connectivity index (χ0n) is 16.4. The van der Waals surface area contributed by atoms with E-state index in [9.17, 15) is 15.2 Å². The molecule has 2 aliphatic heterocycles. The predicted octanol–water partition coefficient (Wildman–Crippen LogP) is 1.59. The lowest BCUT2D eigenvalue weighted by Crippen LogP contribution is -2.65. The minimum atomic E-state index is -0.786. The van der Waals surface area contributed by atoms with E-state index < -0.39 is 17.2 Å². The maximum absolute atomic E-state index is 12.6. The molecule has 4 rings (SSSR count). The topological polar surface area (TPSA) is 114 Å². The molecule has 8 heteroatoms. The number of piperidine rings is 1. The average Bonchev–Trinajstić information content (AvgIpc) is 3.27. The molecule has 1 spiro atoms. The highest BCUT2D eigenvalue weighted by Gasteiger charge is 2.50. The number of aliphatic hydroxyl groups is 1. The van der Waals surface area contributed by atoms with E-state index >= 15 is 0 Å². The molecule has 2 saturated heterocycles. The van der Waals surface area contributed by atoms with Crippen molar-refractivity contribution in [2.45, 2.75) is 43.4 Å². The minimum Gasteiger partial charge on any atom is -0.388 e. The summed E-state index contributed by atoms with van der Waals surface area (Å²) < 4.78 is 6.11. The molecule has 152 valence electrons. The first kappa shape index (κ1) is 19.4. The second-order valence-electron chi connectivity index (χ2n) is 8.12. The van der Waals surface area contributed by atoms with Crippen LogP contribution >= 0.6 is 0 Å². The lowest BCUT2D eigenvalue weighted by Gasteiger charge is -2.52. The van der Waals surface area contributed by atoms with Crippen LogP contribution in [-0.4, -0.2) is 57.9 Å². The molecule has 2 aromatic heterocycles. The van der Waals surface area contributed by atoms with Gasteiger partial charge in [0.2, 0.25) is 0 Å². The zero-order chi connectivity index (χ0) is 20.5. The van der Waals surface area contributed by atoms with Gasteiger partial charge in [0, 0.05) is 31.9 Å². The number of aromatic nitrogens is 2. The predicted molar refractivity (Wildman–Crippen MR) is 106 cm³/mol. The number of H-pyrrole nitrogens is 1. The van der Waals surface area contributed by atoms with Crippen LogP contribution in [0.2, 0.25) is 0 Å². The molecule has 29 heavy (non-hydrogen) atoms. The first-order valence-corrected chi connectivity index (χ1v) is 9.83. The van der Waals surface area contributed by atoms with Crippen LogP contribution in [-0.2, 0) is 4.74 Å². The van der Waals surface area contributed by atoms with Gasteiger partial charge >= 0.3 is 0 Å². The summed E-state index contributed by atoms with van der Waals surface area (Å²) in [5, 5.41) is 22.9. The molecule has 0 bridgehead atoms. The third-order valence-electron chi connectivity index (χ3n) is 6.10. The molecule has 0 saturated carbocycles. The van der Waals surface area contributed by atoms with E-state index in [1.54, 1.807) is 36.7 Å². The number of carbonyl (C=O) groups is 1. The van der Waals surface area contributed by atoms with E-state index in [1.807, 2.05) is 6.92 Å². The van der Waals surface area contributed by atoms with Gasteiger partial charge in [-0.3, -0.25) is 4.79 Å². The van der Waals surface area contributed by atoms with Crippen molar-refractivity contribution in [2.24, 2.45) is 0 Å². The van der Waals surface area contributed by atoms with E-state index in [4.69, 9.17) is 4.74 Å². The van der Waals surface area contributed by atoms with Gasteiger partial charge in [0.15, 0.2) is 0 Å². The Morgan fingerprint density at radius 1 is 1.41 bits per heavy atom. The third-order valence-corrected chi connectivity index (χ3v) is 6.10. The van der Waals surface area contributed by atoms with Crippen molar-refractivity contribution >= 4 is 11.7 Å². The summed E-state index contributed by atoms with van der Waals surface area (Å²) >= 11 is 0. The summed E-state index contributed by atoms with van der Waals surface area (Å²) in [6.07, 6.45) is 4.59. The van der Waals surface area contributed by atoms with Crippen LogP contribution in [0.15, 0.2) is 36.7 Å². The van der Waals surface area contributed by atoms with Gasteiger partial charge in [0.1, 0.15) is 23.7 Å². The molecule has 4 heterocycles. The maximum atomic E-state index is 12.6. The Morgan fingerprint density at radius 3 is 2.90 bits per heavy atom. The van der Waals surface area contributed by atoms with E-state index in [2.05, 4.69) is 26.3 Å². The second kappa shape index (κ2) is 7.50. The van der Waals surface area contributed by atoms with Gasteiger partial charge in [-0.15, -0.1) is 0 Å². The molecular weight excluding hydrogens is 370 g/mol. The fraction of sp³-hybridized carbons (Fsp3) is 0.476. The van der Waals surface area contributed by atoms with Gasteiger partial charge in [0.05, 0.1) is 23.3 Å². The Hall–Kier alpha value is -2.89. The molecule has 2 fully saturated rings. The van der Waals surface area contributed by atoms with Crippen LogP contribution < -0.4 is 10.2 Å². The lowest BCUT2D eigenvalue weighted by molar-refractivity contribution is -0.167. The number of anilines is 1. The van der Waals surface area contributed by atoms with Crippen LogP contribution in [0.1, 0.15) is 42.2 Å².